The largest absolute Gasteiger partial charge is 0.491 e. The maximum absolute atomic E-state index is 10.1. The Morgan fingerprint density at radius 2 is 1.81 bits per heavy atom. The fourth-order valence-corrected chi connectivity index (χ4v) is 3.94. The lowest BCUT2D eigenvalue weighted by molar-refractivity contribution is 0.126. The molecule has 1 aromatic heterocycles. The molecule has 0 radical (unpaired) electrons. The first-order chi connectivity index (χ1) is 12.1. The first-order valence-corrected chi connectivity index (χ1v) is 9.82. The number of hydrogen-bond donors (Lipinski definition) is 1. The number of aliphatic hydroxyl groups excluding tert-OH is 1. The summed E-state index contributed by atoms with van der Waals surface area (Å²) in [6.45, 7) is 11.6. The van der Waals surface area contributed by atoms with E-state index in [4.69, 9.17) is 4.74 Å². The second-order valence-electron chi connectivity index (χ2n) is 8.51. The van der Waals surface area contributed by atoms with Crippen molar-refractivity contribution in [2.75, 3.05) is 12.4 Å². The zero-order valence-electron chi connectivity index (χ0n) is 16.6. The van der Waals surface area contributed by atoms with E-state index in [1.165, 1.54) is 17.3 Å². The second kappa shape index (κ2) is 8.39. The maximum Gasteiger partial charge on any atom is 0.209 e. The summed E-state index contributed by atoms with van der Waals surface area (Å²) in [6, 6.07) is 8.19. The van der Waals surface area contributed by atoms with E-state index in [9.17, 15) is 5.11 Å². The normalized spacial score (nSPS) is 13.7. The van der Waals surface area contributed by atoms with Gasteiger partial charge in [-0.25, -0.2) is 4.68 Å². The van der Waals surface area contributed by atoms with Crippen molar-refractivity contribution < 1.29 is 9.84 Å². The Kier molecular flexibility index (Phi) is 6.69. The van der Waals surface area contributed by atoms with Gasteiger partial charge < -0.3 is 9.84 Å². The standard InChI is InChI=1S/C19H30N4O2S/c1-18(2,3)13-19(4,5)14-7-9-16(10-8-14)25-11-15(24)12-26-17-20-21-22-23(17)6/h7-10,15,24H,11-13H2,1-6H3/t15-/m1/s1. The van der Waals surface area contributed by atoms with Gasteiger partial charge in [-0.15, -0.1) is 5.10 Å². The summed E-state index contributed by atoms with van der Waals surface area (Å²) in [5.74, 6) is 1.25. The molecule has 0 saturated carbocycles. The van der Waals surface area contributed by atoms with Crippen LogP contribution in [0.1, 0.15) is 46.6 Å². The molecule has 2 rings (SSSR count). The van der Waals surface area contributed by atoms with Gasteiger partial charge in [0, 0.05) is 12.8 Å². The smallest absolute Gasteiger partial charge is 0.209 e. The van der Waals surface area contributed by atoms with E-state index in [0.717, 1.165) is 12.2 Å². The first kappa shape index (κ1) is 20.7. The number of nitrogens with zero attached hydrogens (tertiary/aromatic N) is 4. The number of aromatic nitrogens is 4. The maximum atomic E-state index is 10.1. The quantitative estimate of drug-likeness (QED) is 0.709. The highest BCUT2D eigenvalue weighted by Gasteiger charge is 2.27. The van der Waals surface area contributed by atoms with Crippen LogP contribution in [0.4, 0.5) is 0 Å². The molecule has 1 aromatic carbocycles. The van der Waals surface area contributed by atoms with Crippen molar-refractivity contribution >= 4 is 11.8 Å². The van der Waals surface area contributed by atoms with Crippen LogP contribution >= 0.6 is 11.8 Å². The molecule has 1 atom stereocenters. The fourth-order valence-electron chi connectivity index (χ4n) is 3.19. The monoisotopic (exact) mass is 378 g/mol. The van der Waals surface area contributed by atoms with Gasteiger partial charge in [0.15, 0.2) is 0 Å². The van der Waals surface area contributed by atoms with E-state index in [1.54, 1.807) is 11.7 Å². The molecule has 0 aliphatic heterocycles. The van der Waals surface area contributed by atoms with E-state index in [0.29, 0.717) is 10.9 Å². The molecule has 0 unspecified atom stereocenters. The summed E-state index contributed by atoms with van der Waals surface area (Å²) >= 11 is 1.40. The van der Waals surface area contributed by atoms with Gasteiger partial charge >= 0.3 is 0 Å². The van der Waals surface area contributed by atoms with Gasteiger partial charge in [-0.3, -0.25) is 0 Å². The molecule has 1 heterocycles. The van der Waals surface area contributed by atoms with Gasteiger partial charge in [0.1, 0.15) is 12.4 Å². The number of thioether (sulfide) groups is 1. The lowest BCUT2D eigenvalue weighted by atomic mass is 9.72. The van der Waals surface area contributed by atoms with Crippen molar-refractivity contribution in [1.29, 1.82) is 0 Å². The third-order valence-corrected chi connectivity index (χ3v) is 5.19. The van der Waals surface area contributed by atoms with Crippen molar-refractivity contribution in [1.82, 2.24) is 20.2 Å². The molecule has 0 aliphatic rings. The molecule has 0 aliphatic carbocycles. The number of ether oxygens (including phenoxy) is 1. The summed E-state index contributed by atoms with van der Waals surface area (Å²) in [5, 5.41) is 22.0. The van der Waals surface area contributed by atoms with Crippen molar-refractivity contribution in [2.24, 2.45) is 12.5 Å². The van der Waals surface area contributed by atoms with Gasteiger partial charge in [-0.05, 0) is 45.4 Å². The Hall–Kier alpha value is -1.60. The Balaban J connectivity index is 1.84. The number of rotatable bonds is 8. The fraction of sp³-hybridized carbons (Fsp3) is 0.632. The van der Waals surface area contributed by atoms with Crippen molar-refractivity contribution in [3.05, 3.63) is 29.8 Å². The third kappa shape index (κ3) is 6.29. The van der Waals surface area contributed by atoms with Crippen LogP contribution in [0.25, 0.3) is 0 Å². The number of benzene rings is 1. The van der Waals surface area contributed by atoms with E-state index < -0.39 is 6.10 Å². The highest BCUT2D eigenvalue weighted by Crippen LogP contribution is 2.36. The first-order valence-electron chi connectivity index (χ1n) is 8.83. The van der Waals surface area contributed by atoms with Crippen LogP contribution in [0.5, 0.6) is 5.75 Å². The highest BCUT2D eigenvalue weighted by atomic mass is 32.2. The topological polar surface area (TPSA) is 73.1 Å². The summed E-state index contributed by atoms with van der Waals surface area (Å²) in [4.78, 5) is 0. The van der Waals surface area contributed by atoms with Crippen LogP contribution in [-0.2, 0) is 12.5 Å². The molecular formula is C19H30N4O2S. The van der Waals surface area contributed by atoms with Crippen LogP contribution < -0.4 is 4.74 Å². The minimum Gasteiger partial charge on any atom is -0.491 e. The molecule has 0 spiro atoms. The van der Waals surface area contributed by atoms with Crippen molar-refractivity contribution in [3.8, 4) is 5.75 Å². The van der Waals surface area contributed by atoms with E-state index in [2.05, 4.69) is 62.3 Å². The summed E-state index contributed by atoms with van der Waals surface area (Å²) in [7, 11) is 1.77. The summed E-state index contributed by atoms with van der Waals surface area (Å²) in [5.41, 5.74) is 1.68. The average Bonchev–Trinajstić information content (AvgIpc) is 2.94. The minimum absolute atomic E-state index is 0.108. The summed E-state index contributed by atoms with van der Waals surface area (Å²) < 4.78 is 7.29. The number of hydrogen-bond acceptors (Lipinski definition) is 6. The Morgan fingerprint density at radius 3 is 2.35 bits per heavy atom. The Morgan fingerprint density at radius 1 is 1.15 bits per heavy atom. The lowest BCUT2D eigenvalue weighted by Crippen LogP contribution is -2.24. The predicted octanol–water partition coefficient (Wildman–Crippen LogP) is 3.46. The van der Waals surface area contributed by atoms with Gasteiger partial charge in [0.2, 0.25) is 5.16 Å². The van der Waals surface area contributed by atoms with Crippen molar-refractivity contribution in [2.45, 2.75) is 57.7 Å². The van der Waals surface area contributed by atoms with Crippen LogP contribution in [0.2, 0.25) is 0 Å². The molecule has 6 nitrogen and oxygen atoms in total. The van der Waals surface area contributed by atoms with Crippen LogP contribution in [0, 0.1) is 5.41 Å². The van der Waals surface area contributed by atoms with Gasteiger partial charge in [-0.2, -0.15) is 0 Å². The van der Waals surface area contributed by atoms with E-state index >= 15 is 0 Å². The van der Waals surface area contributed by atoms with Crippen LogP contribution in [0.3, 0.4) is 0 Å². The molecule has 26 heavy (non-hydrogen) atoms. The van der Waals surface area contributed by atoms with Crippen molar-refractivity contribution in [3.63, 3.8) is 0 Å². The molecule has 0 saturated heterocycles. The molecular weight excluding hydrogens is 348 g/mol. The Bertz CT molecular complexity index is 692. The molecule has 1 N–H and O–H groups in total. The third-order valence-electron chi connectivity index (χ3n) is 4.04. The molecule has 144 valence electrons. The number of aryl methyl sites for hydroxylation is 1. The SMILES string of the molecule is Cn1nnnc1SC[C@H](O)COc1ccc(C(C)(C)CC(C)(C)C)cc1. The van der Waals surface area contributed by atoms with Crippen LogP contribution in [0.15, 0.2) is 29.4 Å². The zero-order chi connectivity index (χ0) is 19.4. The number of aliphatic hydroxyl groups is 1. The minimum atomic E-state index is -0.589. The van der Waals surface area contributed by atoms with Gasteiger partial charge in [0.05, 0.1) is 6.10 Å². The van der Waals surface area contributed by atoms with E-state index in [1.807, 2.05) is 12.1 Å². The molecule has 7 heteroatoms. The molecule has 0 fully saturated rings. The number of tetrazole rings is 1. The lowest BCUT2D eigenvalue weighted by Gasteiger charge is -2.33. The van der Waals surface area contributed by atoms with Gasteiger partial charge in [0.25, 0.3) is 0 Å². The zero-order valence-corrected chi connectivity index (χ0v) is 17.4. The molecule has 0 bridgehead atoms. The molecule has 2 aromatic rings. The van der Waals surface area contributed by atoms with E-state index in [-0.39, 0.29) is 17.4 Å². The highest BCUT2D eigenvalue weighted by molar-refractivity contribution is 7.99. The van der Waals surface area contributed by atoms with Crippen LogP contribution in [-0.4, -0.2) is 43.8 Å². The molecule has 0 amide bonds. The predicted molar refractivity (Wildman–Crippen MR) is 105 cm³/mol. The summed E-state index contributed by atoms with van der Waals surface area (Å²) in [6.07, 6.45) is 0.515. The van der Waals surface area contributed by atoms with Gasteiger partial charge in [-0.1, -0.05) is 58.5 Å². The second-order valence-corrected chi connectivity index (χ2v) is 9.49. The average molecular weight is 379 g/mol. The Labute approximate surface area is 160 Å².